The third-order valence-corrected chi connectivity index (χ3v) is 6.30. The Morgan fingerprint density at radius 1 is 1.00 bits per heavy atom. The van der Waals surface area contributed by atoms with Crippen LogP contribution in [0.5, 0.6) is 6.01 Å². The van der Waals surface area contributed by atoms with Gasteiger partial charge in [0.25, 0.3) is 0 Å². The van der Waals surface area contributed by atoms with Gasteiger partial charge in [-0.15, -0.1) is 0 Å². The molecule has 0 aliphatic rings. The molecule has 146 valence electrons. The van der Waals surface area contributed by atoms with E-state index in [1.807, 2.05) is 20.8 Å². The Kier molecular flexibility index (Phi) is 5.99. The second-order valence-corrected chi connectivity index (χ2v) is 9.19. The highest BCUT2D eigenvalue weighted by Crippen LogP contribution is 2.31. The molecular formula is C20H18FIN2O3S. The van der Waals surface area contributed by atoms with Crippen LogP contribution < -0.4 is 4.18 Å². The van der Waals surface area contributed by atoms with Crippen LogP contribution in [0.2, 0.25) is 0 Å². The van der Waals surface area contributed by atoms with Crippen molar-refractivity contribution in [3.8, 4) is 17.3 Å². The Balaban J connectivity index is 2.08. The molecule has 0 amide bonds. The van der Waals surface area contributed by atoms with Crippen LogP contribution in [0.25, 0.3) is 11.3 Å². The summed E-state index contributed by atoms with van der Waals surface area (Å²) in [4.78, 5) is 8.63. The highest BCUT2D eigenvalue weighted by molar-refractivity contribution is 14.1. The molecule has 0 radical (unpaired) electrons. The Morgan fingerprint density at radius 2 is 1.61 bits per heavy atom. The molecule has 28 heavy (non-hydrogen) atoms. The number of hydrogen-bond donors (Lipinski definition) is 0. The molecule has 3 rings (SSSR count). The largest absolute Gasteiger partial charge is 0.341 e. The lowest BCUT2D eigenvalue weighted by Crippen LogP contribution is -2.14. The van der Waals surface area contributed by atoms with Gasteiger partial charge in [0.05, 0.1) is 15.0 Å². The second kappa shape index (κ2) is 8.12. The SMILES string of the molecule is Cc1ccc(S(=O)(=O)Oc2nc(-c3ccc(F)cc3)c(I)c(C(C)C)n2)cc1. The van der Waals surface area contributed by atoms with Crippen molar-refractivity contribution >= 4 is 32.7 Å². The van der Waals surface area contributed by atoms with Crippen molar-refractivity contribution in [2.75, 3.05) is 0 Å². The van der Waals surface area contributed by atoms with Gasteiger partial charge in [0, 0.05) is 5.56 Å². The van der Waals surface area contributed by atoms with E-state index < -0.39 is 10.1 Å². The van der Waals surface area contributed by atoms with E-state index in [1.165, 1.54) is 24.3 Å². The van der Waals surface area contributed by atoms with Crippen molar-refractivity contribution in [3.63, 3.8) is 0 Å². The molecule has 3 aromatic rings. The highest BCUT2D eigenvalue weighted by Gasteiger charge is 2.22. The molecule has 2 aromatic carbocycles. The highest BCUT2D eigenvalue weighted by atomic mass is 127. The van der Waals surface area contributed by atoms with Gasteiger partial charge in [0.2, 0.25) is 0 Å². The van der Waals surface area contributed by atoms with Crippen molar-refractivity contribution in [1.29, 1.82) is 0 Å². The van der Waals surface area contributed by atoms with E-state index in [0.29, 0.717) is 17.0 Å². The molecule has 0 bridgehead atoms. The standard InChI is InChI=1S/C20H18FIN2O3S/c1-12(2)18-17(22)19(14-6-8-15(21)9-7-14)24-20(23-18)27-28(25,26)16-10-4-13(3)5-11-16/h4-12H,1-3H3. The van der Waals surface area contributed by atoms with Gasteiger partial charge in [-0.3, -0.25) is 0 Å². The van der Waals surface area contributed by atoms with Gasteiger partial charge < -0.3 is 4.18 Å². The second-order valence-electron chi connectivity index (χ2n) is 6.57. The summed E-state index contributed by atoms with van der Waals surface area (Å²) in [7, 11) is -4.08. The molecule has 8 heteroatoms. The normalized spacial score (nSPS) is 11.6. The van der Waals surface area contributed by atoms with Gasteiger partial charge in [0.15, 0.2) is 0 Å². The topological polar surface area (TPSA) is 69.2 Å². The van der Waals surface area contributed by atoms with Gasteiger partial charge in [-0.1, -0.05) is 31.5 Å². The van der Waals surface area contributed by atoms with E-state index >= 15 is 0 Å². The smallest absolute Gasteiger partial charge is 0.339 e. The third kappa shape index (κ3) is 4.49. The monoisotopic (exact) mass is 512 g/mol. The van der Waals surface area contributed by atoms with Crippen molar-refractivity contribution in [2.45, 2.75) is 31.6 Å². The van der Waals surface area contributed by atoms with Gasteiger partial charge >= 0.3 is 16.1 Å². The van der Waals surface area contributed by atoms with Crippen LogP contribution in [0.15, 0.2) is 53.4 Å². The maximum atomic E-state index is 13.3. The number of nitrogens with zero attached hydrogens (tertiary/aromatic N) is 2. The number of aromatic nitrogens is 2. The average Bonchev–Trinajstić information content (AvgIpc) is 2.63. The molecule has 0 saturated carbocycles. The molecule has 0 fully saturated rings. The van der Waals surface area contributed by atoms with Crippen LogP contribution in [0, 0.1) is 16.3 Å². The molecule has 1 aromatic heterocycles. The minimum Gasteiger partial charge on any atom is -0.339 e. The molecule has 0 saturated heterocycles. The lowest BCUT2D eigenvalue weighted by molar-refractivity contribution is 0.461. The average molecular weight is 512 g/mol. The summed E-state index contributed by atoms with van der Waals surface area (Å²) in [5.41, 5.74) is 2.73. The van der Waals surface area contributed by atoms with Crippen LogP contribution in [-0.4, -0.2) is 18.4 Å². The molecule has 1 heterocycles. The van der Waals surface area contributed by atoms with Gasteiger partial charge in [-0.05, 0) is 71.8 Å². The molecule has 0 spiro atoms. The maximum absolute atomic E-state index is 13.3. The lowest BCUT2D eigenvalue weighted by Gasteiger charge is -2.14. The molecular weight excluding hydrogens is 494 g/mol. The Hall–Kier alpha value is -2.07. The van der Waals surface area contributed by atoms with Crippen molar-refractivity contribution in [1.82, 2.24) is 9.97 Å². The fourth-order valence-corrected chi connectivity index (χ4v) is 4.53. The first-order valence-corrected chi connectivity index (χ1v) is 11.0. The summed E-state index contributed by atoms with van der Waals surface area (Å²) >= 11 is 2.11. The van der Waals surface area contributed by atoms with Crippen molar-refractivity contribution in [3.05, 3.63) is 69.2 Å². The van der Waals surface area contributed by atoms with Crippen LogP contribution in [0.1, 0.15) is 31.0 Å². The van der Waals surface area contributed by atoms with E-state index in [-0.39, 0.29) is 22.6 Å². The summed E-state index contributed by atoms with van der Waals surface area (Å²) in [6, 6.07) is 11.9. The van der Waals surface area contributed by atoms with Crippen LogP contribution in [0.4, 0.5) is 4.39 Å². The molecule has 0 aliphatic heterocycles. The number of aryl methyl sites for hydroxylation is 1. The molecule has 0 unspecified atom stereocenters. The van der Waals surface area contributed by atoms with Gasteiger partial charge in [-0.2, -0.15) is 18.4 Å². The molecule has 0 atom stereocenters. The van der Waals surface area contributed by atoms with Crippen LogP contribution in [-0.2, 0) is 10.1 Å². The summed E-state index contributed by atoms with van der Waals surface area (Å²) in [6.07, 6.45) is 0. The quantitative estimate of drug-likeness (QED) is 0.352. The van der Waals surface area contributed by atoms with Gasteiger partial charge in [0.1, 0.15) is 10.7 Å². The zero-order valence-electron chi connectivity index (χ0n) is 15.5. The Labute approximate surface area is 177 Å². The molecule has 5 nitrogen and oxygen atoms in total. The summed E-state index contributed by atoms with van der Waals surface area (Å²) in [5, 5.41) is 0. The lowest BCUT2D eigenvalue weighted by atomic mass is 10.1. The van der Waals surface area contributed by atoms with E-state index in [2.05, 4.69) is 32.6 Å². The minimum atomic E-state index is -4.08. The zero-order valence-corrected chi connectivity index (χ0v) is 18.5. The number of benzene rings is 2. The summed E-state index contributed by atoms with van der Waals surface area (Å²) in [5.74, 6) is -0.353. The van der Waals surface area contributed by atoms with E-state index in [0.717, 1.165) is 9.13 Å². The van der Waals surface area contributed by atoms with Crippen LogP contribution >= 0.6 is 22.6 Å². The Morgan fingerprint density at radius 3 is 2.18 bits per heavy atom. The third-order valence-electron chi connectivity index (χ3n) is 4.01. The number of halogens is 2. The fraction of sp³-hybridized carbons (Fsp3) is 0.200. The minimum absolute atomic E-state index is 0.0125. The van der Waals surface area contributed by atoms with E-state index in [1.54, 1.807) is 24.3 Å². The first-order chi connectivity index (χ1) is 13.2. The van der Waals surface area contributed by atoms with E-state index in [9.17, 15) is 12.8 Å². The van der Waals surface area contributed by atoms with Gasteiger partial charge in [-0.25, -0.2) is 4.39 Å². The molecule has 0 N–H and O–H groups in total. The van der Waals surface area contributed by atoms with Crippen molar-refractivity contribution in [2.24, 2.45) is 0 Å². The summed E-state index contributed by atoms with van der Waals surface area (Å²) < 4.78 is 44.5. The molecule has 0 aliphatic carbocycles. The fourth-order valence-electron chi connectivity index (χ4n) is 2.51. The van der Waals surface area contributed by atoms with Crippen molar-refractivity contribution < 1.29 is 17.0 Å². The first-order valence-electron chi connectivity index (χ1n) is 8.52. The Bertz CT molecular complexity index is 1100. The predicted molar refractivity (Wildman–Crippen MR) is 113 cm³/mol. The predicted octanol–water partition coefficient (Wildman–Crippen LogP) is 5.09. The summed E-state index contributed by atoms with van der Waals surface area (Å²) in [6.45, 7) is 5.75. The van der Waals surface area contributed by atoms with Crippen LogP contribution in [0.3, 0.4) is 0 Å². The number of hydrogen-bond acceptors (Lipinski definition) is 5. The zero-order chi connectivity index (χ0) is 20.5. The maximum Gasteiger partial charge on any atom is 0.341 e. The first kappa shape index (κ1) is 20.7. The van der Waals surface area contributed by atoms with E-state index in [4.69, 9.17) is 4.18 Å². The number of rotatable bonds is 5.